The number of benzene rings is 2. The van der Waals surface area contributed by atoms with Crippen molar-refractivity contribution >= 4 is 23.0 Å². The van der Waals surface area contributed by atoms with Crippen molar-refractivity contribution < 1.29 is 4.52 Å². The Morgan fingerprint density at radius 2 is 1.85 bits per heavy atom. The van der Waals surface area contributed by atoms with Crippen LogP contribution < -0.4 is 11.1 Å². The summed E-state index contributed by atoms with van der Waals surface area (Å²) in [7, 11) is 0. The van der Waals surface area contributed by atoms with Gasteiger partial charge in [-0.3, -0.25) is 0 Å². The Balaban J connectivity index is 1.71. The summed E-state index contributed by atoms with van der Waals surface area (Å²) < 4.78 is 5.46. The quantitative estimate of drug-likeness (QED) is 0.418. The Morgan fingerprint density at radius 1 is 1.12 bits per heavy atom. The Labute approximate surface area is 200 Å². The van der Waals surface area contributed by atoms with Crippen molar-refractivity contribution in [2.75, 3.05) is 11.9 Å². The minimum absolute atomic E-state index is 0.443. The number of rotatable bonds is 6. The van der Waals surface area contributed by atoms with Crippen LogP contribution in [0.25, 0.3) is 11.1 Å². The van der Waals surface area contributed by atoms with Crippen LogP contribution in [0.15, 0.2) is 34.9 Å². The van der Waals surface area contributed by atoms with E-state index in [1.54, 1.807) is 12.1 Å². The molecule has 4 rings (SSSR count). The number of halogens is 1. The topological polar surface area (TPSA) is 87.9 Å². The first-order valence-electron chi connectivity index (χ1n) is 11.6. The maximum atomic E-state index is 9.18. The van der Waals surface area contributed by atoms with E-state index in [4.69, 9.17) is 21.9 Å². The molecule has 1 fully saturated rings. The minimum atomic E-state index is 0.443. The van der Waals surface area contributed by atoms with Gasteiger partial charge in [0.1, 0.15) is 11.8 Å². The molecule has 1 aliphatic carbocycles. The molecule has 1 aromatic heterocycles. The van der Waals surface area contributed by atoms with Gasteiger partial charge in [0.15, 0.2) is 0 Å². The van der Waals surface area contributed by atoms with Gasteiger partial charge in [0, 0.05) is 16.9 Å². The van der Waals surface area contributed by atoms with Crippen molar-refractivity contribution in [1.82, 2.24) is 5.16 Å². The van der Waals surface area contributed by atoms with Gasteiger partial charge in [-0.05, 0) is 112 Å². The zero-order valence-electron chi connectivity index (χ0n) is 19.5. The SMILES string of the molecule is Cc1noc(C)c1-c1cc(CC2CCC(CN)CC2)c(C)c(Nc2ccc(C#N)c(Cl)c2)c1. The molecule has 172 valence electrons. The van der Waals surface area contributed by atoms with Crippen molar-refractivity contribution in [2.24, 2.45) is 17.6 Å². The maximum absolute atomic E-state index is 9.18. The van der Waals surface area contributed by atoms with E-state index in [-0.39, 0.29) is 0 Å². The van der Waals surface area contributed by atoms with Gasteiger partial charge in [-0.2, -0.15) is 5.26 Å². The fourth-order valence-corrected chi connectivity index (χ4v) is 5.20. The summed E-state index contributed by atoms with van der Waals surface area (Å²) in [5.41, 5.74) is 13.9. The Morgan fingerprint density at radius 3 is 2.45 bits per heavy atom. The molecule has 0 aliphatic heterocycles. The highest BCUT2D eigenvalue weighted by Crippen LogP contribution is 2.37. The molecule has 2 aromatic carbocycles. The van der Waals surface area contributed by atoms with Crippen LogP contribution in [0.4, 0.5) is 11.4 Å². The Bertz CT molecular complexity index is 1170. The highest BCUT2D eigenvalue weighted by Gasteiger charge is 2.23. The molecule has 1 aliphatic rings. The van der Waals surface area contributed by atoms with Crippen LogP contribution in [-0.2, 0) is 6.42 Å². The van der Waals surface area contributed by atoms with Crippen molar-refractivity contribution in [3.05, 3.63) is 63.5 Å². The lowest BCUT2D eigenvalue weighted by Gasteiger charge is -2.28. The highest BCUT2D eigenvalue weighted by atomic mass is 35.5. The maximum Gasteiger partial charge on any atom is 0.141 e. The average molecular weight is 463 g/mol. The van der Waals surface area contributed by atoms with Crippen molar-refractivity contribution in [2.45, 2.75) is 52.9 Å². The monoisotopic (exact) mass is 462 g/mol. The van der Waals surface area contributed by atoms with E-state index in [1.807, 2.05) is 19.9 Å². The number of hydrogen-bond donors (Lipinski definition) is 2. The van der Waals surface area contributed by atoms with Gasteiger partial charge >= 0.3 is 0 Å². The smallest absolute Gasteiger partial charge is 0.141 e. The summed E-state index contributed by atoms with van der Waals surface area (Å²) >= 11 is 6.28. The Hall–Kier alpha value is -2.81. The molecule has 0 saturated heterocycles. The predicted octanol–water partition coefficient (Wildman–Crippen LogP) is 6.84. The highest BCUT2D eigenvalue weighted by molar-refractivity contribution is 6.32. The van der Waals surface area contributed by atoms with Crippen LogP contribution in [0.1, 0.15) is 53.8 Å². The van der Waals surface area contributed by atoms with E-state index < -0.39 is 0 Å². The number of anilines is 2. The lowest BCUT2D eigenvalue weighted by Crippen LogP contribution is -2.22. The third-order valence-corrected chi connectivity index (χ3v) is 7.33. The third kappa shape index (κ3) is 5.08. The van der Waals surface area contributed by atoms with Gasteiger partial charge in [0.2, 0.25) is 0 Å². The second kappa shape index (κ2) is 9.99. The van der Waals surface area contributed by atoms with Gasteiger partial charge in [0.05, 0.1) is 16.3 Å². The summed E-state index contributed by atoms with van der Waals surface area (Å²) in [5, 5.41) is 17.3. The lowest BCUT2D eigenvalue weighted by atomic mass is 9.78. The summed E-state index contributed by atoms with van der Waals surface area (Å²) in [4.78, 5) is 0. The molecule has 6 heteroatoms. The van der Waals surface area contributed by atoms with Gasteiger partial charge < -0.3 is 15.6 Å². The van der Waals surface area contributed by atoms with E-state index in [0.29, 0.717) is 22.4 Å². The van der Waals surface area contributed by atoms with E-state index in [0.717, 1.165) is 46.9 Å². The van der Waals surface area contributed by atoms with Crippen LogP contribution in [0.3, 0.4) is 0 Å². The fraction of sp³-hybridized carbons (Fsp3) is 0.407. The van der Waals surface area contributed by atoms with Crippen molar-refractivity contribution in [1.29, 1.82) is 5.26 Å². The molecule has 0 bridgehead atoms. The molecule has 33 heavy (non-hydrogen) atoms. The zero-order valence-corrected chi connectivity index (χ0v) is 20.3. The molecule has 1 saturated carbocycles. The van der Waals surface area contributed by atoms with E-state index in [2.05, 4.69) is 35.6 Å². The molecular formula is C27H31ClN4O. The van der Waals surface area contributed by atoms with E-state index in [9.17, 15) is 5.26 Å². The number of nitrogens with two attached hydrogens (primary N) is 1. The lowest BCUT2D eigenvalue weighted by molar-refractivity contribution is 0.278. The minimum Gasteiger partial charge on any atom is -0.361 e. The molecular weight excluding hydrogens is 432 g/mol. The molecule has 0 spiro atoms. The third-order valence-electron chi connectivity index (χ3n) is 7.01. The number of aryl methyl sites for hydroxylation is 2. The van der Waals surface area contributed by atoms with Crippen LogP contribution in [0, 0.1) is 43.9 Å². The molecule has 0 amide bonds. The molecule has 3 aromatic rings. The second-order valence-electron chi connectivity index (χ2n) is 9.27. The number of nitrogens with one attached hydrogen (secondary N) is 1. The van der Waals surface area contributed by atoms with Gasteiger partial charge in [-0.1, -0.05) is 22.8 Å². The summed E-state index contributed by atoms with van der Waals surface area (Å²) in [6.07, 6.45) is 5.94. The predicted molar refractivity (Wildman–Crippen MR) is 134 cm³/mol. The fourth-order valence-electron chi connectivity index (χ4n) is 4.98. The standard InChI is InChI=1S/C27H31ClN4O/c1-16-22(10-19-4-6-20(14-29)7-5-19)11-23(27-17(2)32-33-18(27)3)12-26(16)31-24-9-8-21(15-30)25(28)13-24/h8-9,11-13,19-20,31H,4-7,10,14,29H2,1-3H3. The molecule has 3 N–H and O–H groups in total. The van der Waals surface area contributed by atoms with E-state index >= 15 is 0 Å². The largest absolute Gasteiger partial charge is 0.361 e. The summed E-state index contributed by atoms with van der Waals surface area (Å²) in [6.45, 7) is 6.91. The first kappa shape index (κ1) is 23.4. The molecule has 0 radical (unpaired) electrons. The summed E-state index contributed by atoms with van der Waals surface area (Å²) in [6, 6.07) is 12.0. The first-order valence-corrected chi connectivity index (χ1v) is 12.0. The average Bonchev–Trinajstić information content (AvgIpc) is 3.15. The first-order chi connectivity index (χ1) is 15.9. The Kier molecular flexibility index (Phi) is 7.07. The van der Waals surface area contributed by atoms with Crippen LogP contribution >= 0.6 is 11.6 Å². The van der Waals surface area contributed by atoms with Gasteiger partial charge in [-0.15, -0.1) is 0 Å². The summed E-state index contributed by atoms with van der Waals surface area (Å²) in [5.74, 6) is 2.16. The molecule has 0 unspecified atom stereocenters. The van der Waals surface area contributed by atoms with Crippen LogP contribution in [0.5, 0.6) is 0 Å². The molecule has 0 atom stereocenters. The van der Waals surface area contributed by atoms with Crippen LogP contribution in [-0.4, -0.2) is 11.7 Å². The van der Waals surface area contributed by atoms with Gasteiger partial charge in [-0.25, -0.2) is 0 Å². The van der Waals surface area contributed by atoms with E-state index in [1.165, 1.54) is 36.8 Å². The van der Waals surface area contributed by atoms with Crippen LogP contribution in [0.2, 0.25) is 5.02 Å². The number of nitriles is 1. The van der Waals surface area contributed by atoms with Gasteiger partial charge in [0.25, 0.3) is 0 Å². The second-order valence-corrected chi connectivity index (χ2v) is 9.67. The zero-order chi connectivity index (χ0) is 23.5. The number of hydrogen-bond acceptors (Lipinski definition) is 5. The number of nitrogens with zero attached hydrogens (tertiary/aromatic N) is 2. The normalized spacial score (nSPS) is 18.2. The molecule has 5 nitrogen and oxygen atoms in total. The van der Waals surface area contributed by atoms with Crippen molar-refractivity contribution in [3.8, 4) is 17.2 Å². The number of aromatic nitrogens is 1. The molecule has 1 heterocycles. The van der Waals surface area contributed by atoms with Crippen molar-refractivity contribution in [3.63, 3.8) is 0 Å².